The quantitative estimate of drug-likeness (QED) is 0.779. The Morgan fingerprint density at radius 2 is 2.32 bits per heavy atom. The summed E-state index contributed by atoms with van der Waals surface area (Å²) in [5, 5.41) is 11.3. The molecule has 4 rings (SSSR count). The molecule has 22 heavy (non-hydrogen) atoms. The zero-order chi connectivity index (χ0) is 15.1. The van der Waals surface area contributed by atoms with Gasteiger partial charge in [-0.05, 0) is 30.9 Å². The highest BCUT2D eigenvalue weighted by atomic mass is 32.1. The maximum absolute atomic E-state index is 12.6. The molecule has 3 heterocycles. The van der Waals surface area contributed by atoms with E-state index in [1.165, 1.54) is 16.9 Å². The average molecular weight is 313 g/mol. The fraction of sp³-hybridized carbons (Fsp3) is 0.267. The zero-order valence-corrected chi connectivity index (χ0v) is 12.9. The number of nitrogens with one attached hydrogen (secondary N) is 2. The highest BCUT2D eigenvalue weighted by Crippen LogP contribution is 2.42. The Hall–Kier alpha value is -2.41. The summed E-state index contributed by atoms with van der Waals surface area (Å²) in [5.41, 5.74) is 3.45. The van der Waals surface area contributed by atoms with Crippen molar-refractivity contribution in [1.29, 1.82) is 0 Å². The van der Waals surface area contributed by atoms with Gasteiger partial charge in [-0.1, -0.05) is 0 Å². The number of amides is 1. The number of hydrogen-bond donors (Lipinski definition) is 2. The van der Waals surface area contributed by atoms with Crippen LogP contribution >= 0.6 is 11.3 Å². The summed E-state index contributed by atoms with van der Waals surface area (Å²) in [6, 6.07) is 1.78. The van der Waals surface area contributed by atoms with Crippen molar-refractivity contribution in [3.63, 3.8) is 0 Å². The maximum atomic E-state index is 12.6. The standard InChI is InChI=1S/C15H15N5OS/c1-16-12-9-4-2-5-11(9)22-15(12)19-14(21)10-8-18-20-7-3-6-17-13(10)20/h3,6-8,16H,2,4-5H2,1H3,(H,19,21). The summed E-state index contributed by atoms with van der Waals surface area (Å²) in [4.78, 5) is 18.2. The normalized spacial score (nSPS) is 13.3. The lowest BCUT2D eigenvalue weighted by molar-refractivity contribution is 0.102. The molecule has 0 unspecified atom stereocenters. The van der Waals surface area contributed by atoms with Crippen molar-refractivity contribution >= 4 is 33.6 Å². The van der Waals surface area contributed by atoms with E-state index >= 15 is 0 Å². The third kappa shape index (κ3) is 1.97. The molecule has 0 radical (unpaired) electrons. The van der Waals surface area contributed by atoms with Crippen LogP contribution in [0.5, 0.6) is 0 Å². The molecule has 0 fully saturated rings. The van der Waals surface area contributed by atoms with Crippen LogP contribution < -0.4 is 10.6 Å². The second-order valence-corrected chi connectivity index (χ2v) is 6.32. The number of aromatic nitrogens is 3. The Labute approximate surface area is 131 Å². The van der Waals surface area contributed by atoms with Gasteiger partial charge in [0, 0.05) is 24.3 Å². The van der Waals surface area contributed by atoms with Crippen molar-refractivity contribution in [3.05, 3.63) is 40.7 Å². The number of anilines is 2. The zero-order valence-electron chi connectivity index (χ0n) is 12.1. The number of aryl methyl sites for hydroxylation is 1. The molecule has 7 heteroatoms. The predicted molar refractivity (Wildman–Crippen MR) is 86.8 cm³/mol. The first-order valence-corrected chi connectivity index (χ1v) is 8.01. The molecule has 112 valence electrons. The molecule has 0 saturated carbocycles. The van der Waals surface area contributed by atoms with E-state index < -0.39 is 0 Å². The fourth-order valence-electron chi connectivity index (χ4n) is 2.91. The van der Waals surface area contributed by atoms with E-state index in [2.05, 4.69) is 20.7 Å². The van der Waals surface area contributed by atoms with Gasteiger partial charge in [0.2, 0.25) is 0 Å². The topological polar surface area (TPSA) is 71.3 Å². The lowest BCUT2D eigenvalue weighted by Crippen LogP contribution is -2.12. The second kappa shape index (κ2) is 5.10. The first-order valence-electron chi connectivity index (χ1n) is 7.20. The molecule has 0 spiro atoms. The predicted octanol–water partition coefficient (Wildman–Crippen LogP) is 2.57. The number of carbonyl (C=O) groups is 1. The van der Waals surface area contributed by atoms with Crippen molar-refractivity contribution in [2.24, 2.45) is 0 Å². The van der Waals surface area contributed by atoms with Gasteiger partial charge in [0.1, 0.15) is 10.6 Å². The molecule has 1 aliphatic rings. The minimum atomic E-state index is -0.176. The molecular weight excluding hydrogens is 298 g/mol. The van der Waals surface area contributed by atoms with Crippen LogP contribution in [-0.4, -0.2) is 27.6 Å². The molecule has 3 aromatic rings. The third-order valence-electron chi connectivity index (χ3n) is 3.92. The highest BCUT2D eigenvalue weighted by Gasteiger charge is 2.23. The van der Waals surface area contributed by atoms with Crippen molar-refractivity contribution in [1.82, 2.24) is 14.6 Å². The van der Waals surface area contributed by atoms with E-state index in [1.807, 2.05) is 7.05 Å². The van der Waals surface area contributed by atoms with Crippen LogP contribution in [-0.2, 0) is 12.8 Å². The van der Waals surface area contributed by atoms with E-state index in [0.717, 1.165) is 23.5 Å². The summed E-state index contributed by atoms with van der Waals surface area (Å²) in [7, 11) is 1.90. The van der Waals surface area contributed by atoms with Crippen LogP contribution in [0.25, 0.3) is 5.65 Å². The Morgan fingerprint density at radius 1 is 1.41 bits per heavy atom. The largest absolute Gasteiger partial charge is 0.385 e. The number of carbonyl (C=O) groups excluding carboxylic acids is 1. The molecule has 0 aromatic carbocycles. The summed E-state index contributed by atoms with van der Waals surface area (Å²) in [5.74, 6) is -0.176. The fourth-order valence-corrected chi connectivity index (χ4v) is 4.21. The number of thiophene rings is 1. The summed E-state index contributed by atoms with van der Waals surface area (Å²) in [6.07, 6.45) is 8.36. The van der Waals surface area contributed by atoms with Crippen molar-refractivity contribution in [3.8, 4) is 0 Å². The lowest BCUT2D eigenvalue weighted by Gasteiger charge is -2.07. The molecule has 0 bridgehead atoms. The van der Waals surface area contributed by atoms with Crippen molar-refractivity contribution in [2.75, 3.05) is 17.7 Å². The highest BCUT2D eigenvalue weighted by molar-refractivity contribution is 7.17. The van der Waals surface area contributed by atoms with Gasteiger partial charge in [-0.3, -0.25) is 4.79 Å². The Balaban J connectivity index is 1.68. The van der Waals surface area contributed by atoms with Crippen LogP contribution in [0, 0.1) is 0 Å². The van der Waals surface area contributed by atoms with Gasteiger partial charge in [0.25, 0.3) is 5.91 Å². The number of fused-ring (bicyclic) bond motifs is 2. The smallest absolute Gasteiger partial charge is 0.261 e. The minimum Gasteiger partial charge on any atom is -0.385 e. The molecule has 6 nitrogen and oxygen atoms in total. The van der Waals surface area contributed by atoms with Gasteiger partial charge in [-0.25, -0.2) is 9.50 Å². The Morgan fingerprint density at radius 3 is 3.18 bits per heavy atom. The number of nitrogens with zero attached hydrogens (tertiary/aromatic N) is 3. The van der Waals surface area contributed by atoms with E-state index in [-0.39, 0.29) is 5.91 Å². The van der Waals surface area contributed by atoms with Crippen molar-refractivity contribution in [2.45, 2.75) is 19.3 Å². The van der Waals surface area contributed by atoms with Crippen LogP contribution in [0.3, 0.4) is 0 Å². The maximum Gasteiger partial charge on any atom is 0.261 e. The molecule has 0 saturated heterocycles. The minimum absolute atomic E-state index is 0.176. The molecule has 1 amide bonds. The molecule has 1 aliphatic carbocycles. The first-order chi connectivity index (χ1) is 10.8. The number of hydrogen-bond acceptors (Lipinski definition) is 5. The van der Waals surface area contributed by atoms with Gasteiger partial charge in [-0.2, -0.15) is 5.10 Å². The Bertz CT molecular complexity index is 866. The molecule has 0 aliphatic heterocycles. The van der Waals surface area contributed by atoms with Crippen molar-refractivity contribution < 1.29 is 4.79 Å². The van der Waals surface area contributed by atoms with E-state index in [4.69, 9.17) is 0 Å². The molecule has 3 aromatic heterocycles. The van der Waals surface area contributed by atoms with E-state index in [1.54, 1.807) is 40.5 Å². The first kappa shape index (κ1) is 13.3. The summed E-state index contributed by atoms with van der Waals surface area (Å²) >= 11 is 1.66. The second-order valence-electron chi connectivity index (χ2n) is 5.21. The summed E-state index contributed by atoms with van der Waals surface area (Å²) in [6.45, 7) is 0. The molecular formula is C15H15N5OS. The molecule has 0 atom stereocenters. The van der Waals surface area contributed by atoms with Gasteiger partial charge in [-0.15, -0.1) is 11.3 Å². The average Bonchev–Trinajstić information content (AvgIpc) is 3.20. The van der Waals surface area contributed by atoms with E-state index in [9.17, 15) is 4.79 Å². The summed E-state index contributed by atoms with van der Waals surface area (Å²) < 4.78 is 1.60. The SMILES string of the molecule is CNc1c(NC(=O)c2cnn3cccnc23)sc2c1CCC2. The third-order valence-corrected chi connectivity index (χ3v) is 5.13. The van der Waals surface area contributed by atoms with Crippen LogP contribution in [0.15, 0.2) is 24.7 Å². The lowest BCUT2D eigenvalue weighted by atomic mass is 10.2. The monoisotopic (exact) mass is 313 g/mol. The number of rotatable bonds is 3. The van der Waals surface area contributed by atoms with Gasteiger partial charge in [0.05, 0.1) is 11.9 Å². The van der Waals surface area contributed by atoms with E-state index in [0.29, 0.717) is 11.2 Å². The van der Waals surface area contributed by atoms with Gasteiger partial charge >= 0.3 is 0 Å². The van der Waals surface area contributed by atoms with Crippen LogP contribution in [0.1, 0.15) is 27.2 Å². The molecule has 2 N–H and O–H groups in total. The Kier molecular flexibility index (Phi) is 3.07. The van der Waals surface area contributed by atoms with Gasteiger partial charge < -0.3 is 10.6 Å². The van der Waals surface area contributed by atoms with Crippen LogP contribution in [0.2, 0.25) is 0 Å². The van der Waals surface area contributed by atoms with Gasteiger partial charge in [0.15, 0.2) is 5.65 Å². The van der Waals surface area contributed by atoms with Crippen LogP contribution in [0.4, 0.5) is 10.7 Å².